The van der Waals surface area contributed by atoms with Gasteiger partial charge in [0.1, 0.15) is 5.75 Å². The molecule has 0 aromatic heterocycles. The molecule has 1 aromatic rings. The molecule has 0 aliphatic carbocycles. The van der Waals surface area contributed by atoms with Crippen LogP contribution in [-0.4, -0.2) is 19.5 Å². The Morgan fingerprint density at radius 2 is 1.93 bits per heavy atom. The maximum absolute atomic E-state index is 5.61. The number of halogens is 1. The third-order valence-electron chi connectivity index (χ3n) is 2.23. The predicted molar refractivity (Wildman–Crippen MR) is 61.7 cm³/mol. The number of nitrogens with one attached hydrogen (secondary N) is 1. The van der Waals surface area contributed by atoms with Gasteiger partial charge in [0.2, 0.25) is 0 Å². The second-order valence-electron chi connectivity index (χ2n) is 3.25. The second kappa shape index (κ2) is 5.11. The third kappa shape index (κ3) is 2.55. The van der Waals surface area contributed by atoms with Gasteiger partial charge in [0.15, 0.2) is 0 Å². The highest BCUT2D eigenvalue weighted by Gasteiger charge is 2.04. The van der Waals surface area contributed by atoms with E-state index in [1.54, 1.807) is 7.11 Å². The van der Waals surface area contributed by atoms with Crippen molar-refractivity contribution in [3.8, 4) is 5.75 Å². The van der Waals surface area contributed by atoms with Crippen LogP contribution in [0.2, 0.25) is 0 Å². The molecule has 0 bridgehead atoms. The molecule has 0 saturated heterocycles. The van der Waals surface area contributed by atoms with Crippen molar-refractivity contribution in [3.63, 3.8) is 0 Å². The Labute approximate surface area is 90.2 Å². The van der Waals surface area contributed by atoms with E-state index >= 15 is 0 Å². The summed E-state index contributed by atoms with van der Waals surface area (Å²) in [6, 6.07) is 4.12. The lowest BCUT2D eigenvalue weighted by molar-refractivity contribution is 0.416. The molecule has 2 nitrogen and oxygen atoms in total. The van der Waals surface area contributed by atoms with E-state index in [2.05, 4.69) is 25.2 Å². The van der Waals surface area contributed by atoms with Crippen LogP contribution in [0.15, 0.2) is 12.1 Å². The summed E-state index contributed by atoms with van der Waals surface area (Å²) in [6.07, 6.45) is 0. The first-order valence-electron chi connectivity index (χ1n) is 4.64. The summed E-state index contributed by atoms with van der Waals surface area (Å²) in [5, 5.41) is 3.22. The summed E-state index contributed by atoms with van der Waals surface area (Å²) in [5.41, 5.74) is 3.50. The van der Waals surface area contributed by atoms with Crippen molar-refractivity contribution < 1.29 is 4.74 Å². The lowest BCUT2D eigenvalue weighted by Gasteiger charge is -2.12. The topological polar surface area (TPSA) is 21.3 Å². The summed E-state index contributed by atoms with van der Waals surface area (Å²) in [4.78, 5) is 0. The molecule has 0 saturated carbocycles. The number of rotatable bonds is 4. The van der Waals surface area contributed by atoms with Crippen molar-refractivity contribution in [2.75, 3.05) is 24.9 Å². The Balaban J connectivity index is 2.95. The van der Waals surface area contributed by atoms with Gasteiger partial charge in [-0.25, -0.2) is 0 Å². The molecule has 0 aliphatic heterocycles. The number of ether oxygens (including phenoxy) is 1. The van der Waals surface area contributed by atoms with E-state index in [0.29, 0.717) is 5.88 Å². The first-order valence-corrected chi connectivity index (χ1v) is 5.17. The third-order valence-corrected chi connectivity index (χ3v) is 2.41. The SMILES string of the molecule is COc1cc(C)c(C)cc1NCCCl. The van der Waals surface area contributed by atoms with Crippen molar-refractivity contribution >= 4 is 17.3 Å². The van der Waals surface area contributed by atoms with Crippen LogP contribution in [0, 0.1) is 13.8 Å². The lowest BCUT2D eigenvalue weighted by Crippen LogP contribution is -2.04. The number of aryl methyl sites for hydroxylation is 2. The first kappa shape index (κ1) is 11.2. The molecule has 0 unspecified atom stereocenters. The standard InChI is InChI=1S/C11H16ClNO/c1-8-6-10(13-5-4-12)11(14-3)7-9(8)2/h6-7,13H,4-5H2,1-3H3. The van der Waals surface area contributed by atoms with Crippen LogP contribution in [-0.2, 0) is 0 Å². The first-order chi connectivity index (χ1) is 6.69. The van der Waals surface area contributed by atoms with Gasteiger partial charge in [-0.2, -0.15) is 0 Å². The van der Waals surface area contributed by atoms with E-state index in [1.165, 1.54) is 11.1 Å². The van der Waals surface area contributed by atoms with Crippen LogP contribution in [0.4, 0.5) is 5.69 Å². The molecular formula is C11H16ClNO. The maximum Gasteiger partial charge on any atom is 0.142 e. The number of hydrogen-bond donors (Lipinski definition) is 1. The zero-order chi connectivity index (χ0) is 10.6. The zero-order valence-electron chi connectivity index (χ0n) is 8.86. The van der Waals surface area contributed by atoms with E-state index in [9.17, 15) is 0 Å². The van der Waals surface area contributed by atoms with Crippen LogP contribution in [0.1, 0.15) is 11.1 Å². The fourth-order valence-corrected chi connectivity index (χ4v) is 1.37. The highest BCUT2D eigenvalue weighted by Crippen LogP contribution is 2.27. The Morgan fingerprint density at radius 3 is 2.50 bits per heavy atom. The minimum absolute atomic E-state index is 0.593. The lowest BCUT2D eigenvalue weighted by atomic mass is 10.1. The van der Waals surface area contributed by atoms with Gasteiger partial charge in [-0.1, -0.05) is 0 Å². The van der Waals surface area contributed by atoms with Crippen molar-refractivity contribution in [3.05, 3.63) is 23.3 Å². The molecular weight excluding hydrogens is 198 g/mol. The summed E-state index contributed by atoms with van der Waals surface area (Å²) in [7, 11) is 1.68. The van der Waals surface area contributed by atoms with Crippen molar-refractivity contribution in [1.82, 2.24) is 0 Å². The van der Waals surface area contributed by atoms with Crippen molar-refractivity contribution in [2.24, 2.45) is 0 Å². The largest absolute Gasteiger partial charge is 0.495 e. The van der Waals surface area contributed by atoms with Crippen LogP contribution in [0.25, 0.3) is 0 Å². The smallest absolute Gasteiger partial charge is 0.142 e. The van der Waals surface area contributed by atoms with Gasteiger partial charge in [0, 0.05) is 12.4 Å². The number of benzene rings is 1. The van der Waals surface area contributed by atoms with E-state index in [0.717, 1.165) is 18.0 Å². The molecule has 0 radical (unpaired) electrons. The zero-order valence-corrected chi connectivity index (χ0v) is 9.61. The number of hydrogen-bond acceptors (Lipinski definition) is 2. The van der Waals surface area contributed by atoms with Crippen molar-refractivity contribution in [2.45, 2.75) is 13.8 Å². The van der Waals surface area contributed by atoms with Crippen LogP contribution in [0.5, 0.6) is 5.75 Å². The highest BCUT2D eigenvalue weighted by molar-refractivity contribution is 6.18. The predicted octanol–water partition coefficient (Wildman–Crippen LogP) is 2.96. The normalized spacial score (nSPS) is 10.0. The van der Waals surface area contributed by atoms with Gasteiger partial charge in [0.25, 0.3) is 0 Å². The van der Waals surface area contributed by atoms with E-state index in [1.807, 2.05) is 6.07 Å². The van der Waals surface area contributed by atoms with E-state index in [4.69, 9.17) is 16.3 Å². The average Bonchev–Trinajstić information content (AvgIpc) is 2.19. The average molecular weight is 214 g/mol. The van der Waals surface area contributed by atoms with Gasteiger partial charge in [-0.3, -0.25) is 0 Å². The molecule has 1 aromatic carbocycles. The Bertz CT molecular complexity index is 312. The van der Waals surface area contributed by atoms with Gasteiger partial charge in [0.05, 0.1) is 12.8 Å². The highest BCUT2D eigenvalue weighted by atomic mass is 35.5. The number of alkyl halides is 1. The summed E-state index contributed by atoms with van der Waals surface area (Å²) in [5.74, 6) is 1.47. The Kier molecular flexibility index (Phi) is 4.08. The van der Waals surface area contributed by atoms with Gasteiger partial charge >= 0.3 is 0 Å². The molecule has 1 rings (SSSR count). The molecule has 78 valence electrons. The maximum atomic E-state index is 5.61. The van der Waals surface area contributed by atoms with Crippen molar-refractivity contribution in [1.29, 1.82) is 0 Å². The minimum atomic E-state index is 0.593. The molecule has 1 N–H and O–H groups in total. The molecule has 0 amide bonds. The summed E-state index contributed by atoms with van der Waals surface area (Å²) < 4.78 is 5.27. The quantitative estimate of drug-likeness (QED) is 0.777. The molecule has 14 heavy (non-hydrogen) atoms. The van der Waals surface area contributed by atoms with Gasteiger partial charge in [-0.15, -0.1) is 11.6 Å². The van der Waals surface area contributed by atoms with E-state index in [-0.39, 0.29) is 0 Å². The monoisotopic (exact) mass is 213 g/mol. The molecule has 0 heterocycles. The fourth-order valence-electron chi connectivity index (χ4n) is 1.28. The van der Waals surface area contributed by atoms with Gasteiger partial charge in [-0.05, 0) is 37.1 Å². The van der Waals surface area contributed by atoms with Crippen LogP contribution < -0.4 is 10.1 Å². The molecule has 3 heteroatoms. The fraction of sp³-hybridized carbons (Fsp3) is 0.455. The Morgan fingerprint density at radius 1 is 1.29 bits per heavy atom. The second-order valence-corrected chi connectivity index (χ2v) is 3.63. The molecule has 0 atom stereocenters. The summed E-state index contributed by atoms with van der Waals surface area (Å²) in [6.45, 7) is 4.91. The molecule has 0 aliphatic rings. The van der Waals surface area contributed by atoms with Gasteiger partial charge < -0.3 is 10.1 Å². The summed E-state index contributed by atoms with van der Waals surface area (Å²) >= 11 is 5.61. The minimum Gasteiger partial charge on any atom is -0.495 e. The van der Waals surface area contributed by atoms with Crippen LogP contribution in [0.3, 0.4) is 0 Å². The number of anilines is 1. The molecule has 0 spiro atoms. The number of methoxy groups -OCH3 is 1. The van der Waals surface area contributed by atoms with E-state index < -0.39 is 0 Å². The Hall–Kier alpha value is -0.890. The molecule has 0 fully saturated rings. The van der Waals surface area contributed by atoms with Crippen LogP contribution >= 0.6 is 11.6 Å².